The molecular weight excluding hydrogens is 147 g/mol. The van der Waals surface area contributed by atoms with E-state index in [1.807, 2.05) is 4.94 Å². The SMILES string of the molecule is FO/C(F)=C(/F)C(F)F. The van der Waals surface area contributed by atoms with Crippen molar-refractivity contribution >= 4 is 0 Å². The van der Waals surface area contributed by atoms with Gasteiger partial charge < -0.3 is 0 Å². The molecule has 0 unspecified atom stereocenters. The Bertz CT molecular complexity index is 119. The topological polar surface area (TPSA) is 9.23 Å². The number of hydrogen-bond donors (Lipinski definition) is 0. The van der Waals surface area contributed by atoms with Gasteiger partial charge in [-0.15, -0.1) is 0 Å². The van der Waals surface area contributed by atoms with Gasteiger partial charge in [-0.05, 0) is 0 Å². The maximum atomic E-state index is 11.3. The molecule has 9 heavy (non-hydrogen) atoms. The summed E-state index contributed by atoms with van der Waals surface area (Å²) in [5, 5.41) is 0. The monoisotopic (exact) mass is 148 g/mol. The molecule has 0 aromatic rings. The lowest BCUT2D eigenvalue weighted by Gasteiger charge is -1.91. The number of rotatable bonds is 2. The van der Waals surface area contributed by atoms with Crippen LogP contribution >= 0.6 is 0 Å². The first-order valence-electron chi connectivity index (χ1n) is 1.71. The van der Waals surface area contributed by atoms with Gasteiger partial charge in [-0.25, -0.2) is 8.78 Å². The van der Waals surface area contributed by atoms with Gasteiger partial charge in [0.05, 0.1) is 0 Å². The second-order valence-corrected chi connectivity index (χ2v) is 0.999. The van der Waals surface area contributed by atoms with E-state index in [9.17, 15) is 22.1 Å². The molecule has 0 saturated carbocycles. The molecule has 1 nitrogen and oxygen atoms in total. The Labute approximate surface area is 46.6 Å². The van der Waals surface area contributed by atoms with Crippen molar-refractivity contribution in [2.75, 3.05) is 0 Å². The molecule has 0 heterocycles. The molecule has 0 radical (unpaired) electrons. The lowest BCUT2D eigenvalue weighted by atomic mass is 10.6. The Morgan fingerprint density at radius 1 is 1.22 bits per heavy atom. The Balaban J connectivity index is 4.10. The smallest absolute Gasteiger partial charge is 0.260 e. The van der Waals surface area contributed by atoms with Crippen LogP contribution in [0.3, 0.4) is 0 Å². The summed E-state index contributed by atoms with van der Waals surface area (Å²) < 4.78 is 54.9. The van der Waals surface area contributed by atoms with Crippen molar-refractivity contribution in [2.24, 2.45) is 0 Å². The zero-order chi connectivity index (χ0) is 7.44. The number of alkyl halides is 2. The number of halogens is 5. The van der Waals surface area contributed by atoms with Crippen LogP contribution in [0.5, 0.6) is 0 Å². The van der Waals surface area contributed by atoms with Crippen molar-refractivity contribution in [3.8, 4) is 0 Å². The number of hydrogen-bond acceptors (Lipinski definition) is 1. The van der Waals surface area contributed by atoms with Crippen LogP contribution in [0.2, 0.25) is 0 Å². The molecule has 0 spiro atoms. The van der Waals surface area contributed by atoms with Gasteiger partial charge in [-0.2, -0.15) is 8.78 Å². The minimum atomic E-state index is -3.68. The summed E-state index contributed by atoms with van der Waals surface area (Å²) in [6.07, 6.45) is -3.68. The van der Waals surface area contributed by atoms with Gasteiger partial charge in [-0.1, -0.05) is 0 Å². The van der Waals surface area contributed by atoms with E-state index >= 15 is 0 Å². The van der Waals surface area contributed by atoms with Gasteiger partial charge >= 0.3 is 6.01 Å². The highest BCUT2D eigenvalue weighted by Gasteiger charge is 2.18. The van der Waals surface area contributed by atoms with Crippen molar-refractivity contribution < 1.29 is 27.0 Å². The summed E-state index contributed by atoms with van der Waals surface area (Å²) in [5.74, 6) is -2.54. The maximum Gasteiger partial charge on any atom is 0.355 e. The van der Waals surface area contributed by atoms with Crippen LogP contribution < -0.4 is 0 Å². The molecule has 0 saturated heterocycles. The van der Waals surface area contributed by atoms with Crippen LogP contribution in [-0.4, -0.2) is 6.43 Å². The fourth-order valence-electron chi connectivity index (χ4n) is 0.123. The second kappa shape index (κ2) is 3.26. The van der Waals surface area contributed by atoms with E-state index in [2.05, 4.69) is 0 Å². The standard InChI is InChI=1S/C3HF5O/c4-1(2(5)6)3(7)9-8/h2H/b3-1+. The molecule has 0 aromatic heterocycles. The van der Waals surface area contributed by atoms with Gasteiger partial charge in [-0.3, -0.25) is 4.94 Å². The van der Waals surface area contributed by atoms with Gasteiger partial charge in [0.15, 0.2) is 0 Å². The van der Waals surface area contributed by atoms with Crippen LogP contribution in [-0.2, 0) is 4.94 Å². The van der Waals surface area contributed by atoms with Gasteiger partial charge in [0, 0.05) is 4.53 Å². The third-order valence-corrected chi connectivity index (χ3v) is 0.447. The lowest BCUT2D eigenvalue weighted by molar-refractivity contribution is -0.119. The molecular formula is C3HF5O. The zero-order valence-electron chi connectivity index (χ0n) is 3.88. The van der Waals surface area contributed by atoms with Gasteiger partial charge in [0.1, 0.15) is 0 Å². The van der Waals surface area contributed by atoms with Gasteiger partial charge in [0.25, 0.3) is 6.43 Å². The molecule has 6 heteroatoms. The summed E-state index contributed by atoms with van der Waals surface area (Å²) in [6, 6.07) is -2.54. The molecule has 0 atom stereocenters. The van der Waals surface area contributed by atoms with E-state index in [-0.39, 0.29) is 0 Å². The molecule has 0 fully saturated rings. The zero-order valence-corrected chi connectivity index (χ0v) is 3.88. The largest absolute Gasteiger partial charge is 0.355 e. The molecule has 0 aliphatic rings. The van der Waals surface area contributed by atoms with Crippen molar-refractivity contribution in [1.82, 2.24) is 0 Å². The molecule has 0 aliphatic carbocycles. The van der Waals surface area contributed by atoms with Crippen molar-refractivity contribution in [2.45, 2.75) is 6.43 Å². The fraction of sp³-hybridized carbons (Fsp3) is 0.333. The number of allylic oxidation sites excluding steroid dienone is 1. The minimum absolute atomic E-state index is 2.03. The molecule has 0 aromatic carbocycles. The van der Waals surface area contributed by atoms with Crippen LogP contribution in [0.4, 0.5) is 22.1 Å². The van der Waals surface area contributed by atoms with Crippen LogP contribution in [0.1, 0.15) is 0 Å². The highest BCUT2D eigenvalue weighted by Crippen LogP contribution is 2.16. The first kappa shape index (κ1) is 8.19. The summed E-state index contributed by atoms with van der Waals surface area (Å²) in [5.41, 5.74) is 0. The van der Waals surface area contributed by atoms with E-state index in [0.717, 1.165) is 0 Å². The predicted octanol–water partition coefficient (Wildman–Crippen LogP) is 2.26. The average Bonchev–Trinajstić information content (AvgIpc) is 1.84. The Hall–Kier alpha value is -0.810. The molecule has 0 amide bonds. The molecule has 0 bridgehead atoms. The van der Waals surface area contributed by atoms with Gasteiger partial charge in [0.2, 0.25) is 5.83 Å². The summed E-state index contributed by atoms with van der Waals surface area (Å²) in [4.78, 5) is 2.03. The normalized spacial score (nSPS) is 13.6. The van der Waals surface area contributed by atoms with E-state index in [4.69, 9.17) is 0 Å². The van der Waals surface area contributed by atoms with Crippen LogP contribution in [0.25, 0.3) is 0 Å². The van der Waals surface area contributed by atoms with Crippen molar-refractivity contribution in [3.63, 3.8) is 0 Å². The van der Waals surface area contributed by atoms with E-state index in [1.165, 1.54) is 0 Å². The van der Waals surface area contributed by atoms with E-state index in [0.29, 0.717) is 0 Å². The summed E-state index contributed by atoms with van der Waals surface area (Å²) >= 11 is 0. The molecule has 0 N–H and O–H groups in total. The highest BCUT2D eigenvalue weighted by molar-refractivity contribution is 4.94. The highest BCUT2D eigenvalue weighted by atomic mass is 19.3. The molecule has 0 aliphatic heterocycles. The third-order valence-electron chi connectivity index (χ3n) is 0.447. The van der Waals surface area contributed by atoms with Crippen molar-refractivity contribution in [1.29, 1.82) is 0 Å². The Morgan fingerprint density at radius 2 is 1.67 bits per heavy atom. The second-order valence-electron chi connectivity index (χ2n) is 0.999. The molecule has 0 rings (SSSR count). The van der Waals surface area contributed by atoms with Crippen molar-refractivity contribution in [3.05, 3.63) is 11.8 Å². The van der Waals surface area contributed by atoms with E-state index < -0.39 is 18.3 Å². The Morgan fingerprint density at radius 3 is 1.78 bits per heavy atom. The quantitative estimate of drug-likeness (QED) is 0.431. The lowest BCUT2D eigenvalue weighted by Crippen LogP contribution is -1.93. The predicted molar refractivity (Wildman–Crippen MR) is 17.4 cm³/mol. The van der Waals surface area contributed by atoms with E-state index in [1.54, 1.807) is 0 Å². The fourth-order valence-corrected chi connectivity index (χ4v) is 0.123. The third kappa shape index (κ3) is 2.29. The Kier molecular flexibility index (Phi) is 2.97. The minimum Gasteiger partial charge on any atom is -0.260 e. The maximum absolute atomic E-state index is 11.3. The first-order valence-corrected chi connectivity index (χ1v) is 1.71. The first-order chi connectivity index (χ1) is 4.09. The average molecular weight is 148 g/mol. The summed E-state index contributed by atoms with van der Waals surface area (Å²) in [6.45, 7) is 0. The molecule has 54 valence electrons. The summed E-state index contributed by atoms with van der Waals surface area (Å²) in [7, 11) is 0. The van der Waals surface area contributed by atoms with Crippen LogP contribution in [0, 0.1) is 0 Å². The van der Waals surface area contributed by atoms with Crippen LogP contribution in [0.15, 0.2) is 11.8 Å².